The Kier molecular flexibility index (Phi) is 19.0. The molecule has 2 aliphatic carbocycles. The zero-order valence-electron chi connectivity index (χ0n) is 59.0. The van der Waals surface area contributed by atoms with E-state index in [1.807, 2.05) is 32.9 Å². The largest absolute Gasteiger partial charge is 0.468 e. The minimum absolute atomic E-state index is 0.0000520. The van der Waals surface area contributed by atoms with Crippen LogP contribution in [-0.4, -0.2) is 255 Å². The van der Waals surface area contributed by atoms with E-state index in [4.69, 9.17) is 55.7 Å². The number of alkyl halides is 6. The standard InChI is InChI=1S/C9H12O6S.C9H14O2S.2C8H9F3O4S.2C8H9NO4S.C8H12O3S.C4H8O3S/c1-4-5-3-9(8(10)13-2)7(14-5)6(4)15-16(9,11)12;1-5-6-2-7-8(5)4-12(10,11)9(7)3-6;1-3-4-2-7(8(9,10)11)6(14-4)5(3)15-16(7,12)13;1-2-4-3(8(9,10)11)7-6(14-4)5(2)15-16(7,12)13;1-4-5-2-8(3-9)7(12-5)6(4)13-14(8,10)11;1-3-5-4(2-9)8-7(12-5)6(3)13-14(8,10)11;1-4-5-3-12(9,10)7-2-6(4)11-8(5)7;1-4-2-3-8(5,6)7-4/h4-7H,3H2,1-2H3;5-9H,2-4H2,1H3;3-6H,2H2,1H3;2-7H,1H3;4-7H,2H2,1H3;3-8H,1H3;4-8H,2-3H2,1H3;4H,2-3H2,1H3. The minimum atomic E-state index is -4.85. The third kappa shape index (κ3) is 11.4. The van der Waals surface area contributed by atoms with Crippen molar-refractivity contribution in [2.24, 2.45) is 76.9 Å². The SMILES string of the molecule is CC1C2CC3(C#N)C(O2)C1OS3(=O)=O.CC1C2CC3(C(F)(F)F)C(O2)C1OS3(=O)=O.CC1C2CC3C(O2)C1CS3(=O)=O.CC1C2CC3C1CS(=O)(=O)C3C2.CC1C2OC3C1OS(=O)(=O)C3C2C#N.CC1C2OS(=O)(=O)C3C2OC1C3C(F)(F)F.CC1CCS(=O)(=O)O1.COC(=O)C12CC3OC1C(OS2(=O)=O)C3C. The molecule has 14 bridgehead atoms. The van der Waals surface area contributed by atoms with Crippen molar-refractivity contribution in [1.29, 1.82) is 10.5 Å². The fourth-order valence-corrected chi connectivity index (χ4v) is 37.5. The van der Waals surface area contributed by atoms with Crippen LogP contribution < -0.4 is 0 Å². The van der Waals surface area contributed by atoms with Crippen LogP contribution in [0.2, 0.25) is 0 Å². The van der Waals surface area contributed by atoms with Gasteiger partial charge in [-0.25, -0.2) is 16.8 Å². The Morgan fingerprint density at radius 2 is 0.981 bits per heavy atom. The van der Waals surface area contributed by atoms with Crippen molar-refractivity contribution in [2.45, 2.75) is 258 Å². The minimum Gasteiger partial charge on any atom is -0.468 e. The Bertz CT molecular complexity index is 4720. The molecular formula is C62H82F6N2O30S8. The van der Waals surface area contributed by atoms with Crippen molar-refractivity contribution in [2.75, 3.05) is 24.4 Å². The second-order valence-corrected chi connectivity index (χ2v) is 48.1. The number of nitriles is 2. The molecule has 38 atom stereocenters. The van der Waals surface area contributed by atoms with E-state index in [2.05, 4.69) is 27.0 Å². The molecule has 32 nitrogen and oxygen atoms in total. The lowest BCUT2D eigenvalue weighted by molar-refractivity contribution is -0.189. The lowest BCUT2D eigenvalue weighted by Gasteiger charge is -2.29. The number of ether oxygens (including phenoxy) is 7. The Labute approximate surface area is 621 Å². The van der Waals surface area contributed by atoms with Gasteiger partial charge in [-0.1, -0.05) is 48.5 Å². The van der Waals surface area contributed by atoms with E-state index in [-0.39, 0.29) is 95.5 Å². The molecule has 0 aromatic rings. The average molecular weight is 1710 g/mol. The summed E-state index contributed by atoms with van der Waals surface area (Å²) in [4.78, 5) is 11.7. The number of hydrogen-bond donors (Lipinski definition) is 0. The number of sulfone groups is 2. The summed E-state index contributed by atoms with van der Waals surface area (Å²) >= 11 is 0. The summed E-state index contributed by atoms with van der Waals surface area (Å²) in [5, 5.41) is 15.5. The fourth-order valence-electron chi connectivity index (χ4n) is 21.8. The molecule has 20 aliphatic heterocycles. The van der Waals surface area contributed by atoms with E-state index < -0.39 is 215 Å². The highest BCUT2D eigenvalue weighted by molar-refractivity contribution is 7.93. The number of nitrogens with zero attached hydrogens (tertiary/aromatic N) is 2. The molecule has 22 fully saturated rings. The van der Waals surface area contributed by atoms with Gasteiger partial charge in [-0.15, -0.1) is 0 Å². The maximum atomic E-state index is 13.0. The summed E-state index contributed by atoms with van der Waals surface area (Å²) in [6.07, 6.45) is -15.3. The predicted octanol–water partition coefficient (Wildman–Crippen LogP) is 1.77. The van der Waals surface area contributed by atoms with E-state index in [0.29, 0.717) is 47.5 Å². The zero-order valence-corrected chi connectivity index (χ0v) is 65.5. The first-order valence-corrected chi connectivity index (χ1v) is 47.8. The van der Waals surface area contributed by atoms with Crippen LogP contribution in [0, 0.1) is 99.6 Å². The molecule has 20 saturated heterocycles. The van der Waals surface area contributed by atoms with E-state index in [1.165, 1.54) is 20.5 Å². The number of hydrogen-bond acceptors (Lipinski definition) is 32. The Balaban J connectivity index is 0.0000000991. The summed E-state index contributed by atoms with van der Waals surface area (Å²) in [5.74, 6) is 0.278. The third-order valence-corrected chi connectivity index (χ3v) is 42.8. The van der Waals surface area contributed by atoms with Gasteiger partial charge < -0.3 is 33.2 Å². The maximum absolute atomic E-state index is 13.0. The third-order valence-electron chi connectivity index (χ3n) is 27.7. The van der Waals surface area contributed by atoms with Crippen molar-refractivity contribution in [1.82, 2.24) is 0 Å². The molecule has 20 heterocycles. The summed E-state index contributed by atoms with van der Waals surface area (Å²) in [7, 11) is -27.4. The Hall–Kier alpha value is -2.85. The van der Waals surface area contributed by atoms with Crippen molar-refractivity contribution >= 4 is 86.4 Å². The van der Waals surface area contributed by atoms with Crippen LogP contribution >= 0.6 is 0 Å². The highest BCUT2D eigenvalue weighted by atomic mass is 32.2. The lowest BCUT2D eigenvalue weighted by atomic mass is 9.80. The summed E-state index contributed by atoms with van der Waals surface area (Å²) in [6, 6.07) is 3.90. The van der Waals surface area contributed by atoms with Crippen LogP contribution in [0.4, 0.5) is 26.3 Å². The van der Waals surface area contributed by atoms with Crippen LogP contribution in [0.15, 0.2) is 0 Å². The van der Waals surface area contributed by atoms with Crippen molar-refractivity contribution in [3.8, 4) is 12.1 Å². The molecule has 610 valence electrons. The number of carbonyl (C=O) groups is 1. The average Bonchev–Trinajstić information content (AvgIpc) is 1.51. The number of halogens is 6. The quantitative estimate of drug-likeness (QED) is 0.205. The molecule has 0 radical (unpaired) electrons. The summed E-state index contributed by atoms with van der Waals surface area (Å²) in [5.41, 5.74) is 0. The van der Waals surface area contributed by atoms with E-state index in [9.17, 15) is 98.5 Å². The number of esters is 1. The predicted molar refractivity (Wildman–Crippen MR) is 349 cm³/mol. The molecule has 0 aromatic carbocycles. The molecule has 0 spiro atoms. The van der Waals surface area contributed by atoms with Crippen LogP contribution in [0.1, 0.15) is 100 Å². The van der Waals surface area contributed by atoms with Gasteiger partial charge in [0.25, 0.3) is 60.7 Å². The monoisotopic (exact) mass is 1700 g/mol. The van der Waals surface area contributed by atoms with Crippen molar-refractivity contribution in [3.63, 3.8) is 0 Å². The highest BCUT2D eigenvalue weighted by Crippen LogP contribution is 2.64. The molecule has 22 rings (SSSR count). The number of fused-ring (bicyclic) bond motifs is 7. The topological polar surface area (TPSA) is 458 Å². The second kappa shape index (κ2) is 25.6. The van der Waals surface area contributed by atoms with E-state index >= 15 is 0 Å². The number of rotatable bonds is 1. The van der Waals surface area contributed by atoms with Crippen LogP contribution in [0.3, 0.4) is 0 Å². The smallest absolute Gasteiger partial charge is 0.413 e. The van der Waals surface area contributed by atoms with Gasteiger partial charge in [0.05, 0.1) is 102 Å². The molecule has 38 unspecified atom stereocenters. The summed E-state index contributed by atoms with van der Waals surface area (Å²) in [6.45, 7) is 14.9. The van der Waals surface area contributed by atoms with Gasteiger partial charge in [-0.2, -0.15) is 87.4 Å². The molecule has 0 amide bonds. The van der Waals surface area contributed by atoms with Gasteiger partial charge in [0.15, 0.2) is 19.7 Å². The molecule has 0 N–H and O–H groups in total. The first-order valence-electron chi connectivity index (χ1n) is 35.7. The number of methoxy groups -OCH3 is 1. The van der Waals surface area contributed by atoms with Gasteiger partial charge in [0.1, 0.15) is 77.5 Å². The molecule has 46 heteroatoms. The molecule has 22 aliphatic rings. The van der Waals surface area contributed by atoms with Gasteiger partial charge >= 0.3 is 18.3 Å². The molecular weight excluding hydrogens is 1620 g/mol. The Morgan fingerprint density at radius 3 is 1.48 bits per heavy atom. The summed E-state index contributed by atoms with van der Waals surface area (Å²) < 4.78 is 321. The molecule has 108 heavy (non-hydrogen) atoms. The first kappa shape index (κ1) is 80.3. The van der Waals surface area contributed by atoms with Gasteiger partial charge in [-0.05, 0) is 62.2 Å². The van der Waals surface area contributed by atoms with Gasteiger partial charge in [0.2, 0.25) is 14.2 Å². The van der Waals surface area contributed by atoms with Gasteiger partial charge in [-0.3, -0.25) is 29.9 Å². The van der Waals surface area contributed by atoms with Crippen LogP contribution in [-0.2, 0) is 143 Å². The number of carbonyl (C=O) groups excluding carboxylic acids is 1. The Morgan fingerprint density at radius 1 is 0.463 bits per heavy atom. The molecule has 0 aromatic heterocycles. The maximum Gasteiger partial charge on any atom is 0.413 e. The lowest BCUT2D eigenvalue weighted by Crippen LogP contribution is -2.56. The normalized spacial score (nSPS) is 54.3. The van der Waals surface area contributed by atoms with Crippen LogP contribution in [0.5, 0.6) is 0 Å². The van der Waals surface area contributed by atoms with E-state index in [0.717, 1.165) is 18.8 Å². The molecule has 2 saturated carbocycles. The second-order valence-electron chi connectivity index (χ2n) is 32.9. The van der Waals surface area contributed by atoms with Crippen molar-refractivity contribution in [3.05, 3.63) is 0 Å². The van der Waals surface area contributed by atoms with Crippen LogP contribution in [0.25, 0.3) is 0 Å². The fraction of sp³-hybridized carbons (Fsp3) is 0.952. The zero-order chi connectivity index (χ0) is 79.0. The van der Waals surface area contributed by atoms with Gasteiger partial charge in [0, 0.05) is 54.8 Å². The van der Waals surface area contributed by atoms with Crippen molar-refractivity contribution < 1.29 is 157 Å². The highest BCUT2D eigenvalue weighted by Gasteiger charge is 2.84. The first-order chi connectivity index (χ1) is 49.7. The van der Waals surface area contributed by atoms with E-state index in [1.54, 1.807) is 13.8 Å².